The van der Waals surface area contributed by atoms with Crippen molar-refractivity contribution in [2.75, 3.05) is 24.5 Å². The van der Waals surface area contributed by atoms with Crippen molar-refractivity contribution in [3.05, 3.63) is 46.5 Å². The number of aryl methyl sites for hydroxylation is 2. The van der Waals surface area contributed by atoms with Gasteiger partial charge in [-0.15, -0.1) is 0 Å². The standard InChI is InChI=1S/C20H22ClF3N6/c1-12-10-29(11-14-4-6-15(7-5-14)20(22,23)24)8-9-30(12)18-16-17(26-19(21)27-18)28(3)13(2)25-16/h4-7,12H,8-11H2,1-3H3. The number of imidazole rings is 1. The van der Waals surface area contributed by atoms with E-state index in [1.807, 2.05) is 18.5 Å². The number of hydrogen-bond acceptors (Lipinski definition) is 5. The molecule has 2 aromatic heterocycles. The number of nitrogens with zero attached hydrogens (tertiary/aromatic N) is 6. The number of hydrogen-bond donors (Lipinski definition) is 0. The normalized spacial score (nSPS) is 18.4. The third-order valence-electron chi connectivity index (χ3n) is 5.57. The molecule has 1 fully saturated rings. The zero-order chi connectivity index (χ0) is 21.6. The van der Waals surface area contributed by atoms with E-state index in [-0.39, 0.29) is 11.3 Å². The number of alkyl halides is 3. The van der Waals surface area contributed by atoms with E-state index >= 15 is 0 Å². The fourth-order valence-corrected chi connectivity index (χ4v) is 4.04. The van der Waals surface area contributed by atoms with Crippen molar-refractivity contribution in [2.24, 2.45) is 7.05 Å². The minimum absolute atomic E-state index is 0.129. The summed E-state index contributed by atoms with van der Waals surface area (Å²) >= 11 is 6.17. The lowest BCUT2D eigenvalue weighted by Gasteiger charge is -2.40. The first-order valence-corrected chi connectivity index (χ1v) is 10.0. The van der Waals surface area contributed by atoms with Crippen molar-refractivity contribution in [1.82, 2.24) is 24.4 Å². The smallest absolute Gasteiger partial charge is 0.349 e. The predicted octanol–water partition coefficient (Wildman–Crippen LogP) is 4.05. The van der Waals surface area contributed by atoms with Crippen LogP contribution in [0.4, 0.5) is 19.0 Å². The summed E-state index contributed by atoms with van der Waals surface area (Å²) in [6.07, 6.45) is -4.31. The molecule has 3 heterocycles. The monoisotopic (exact) mass is 438 g/mol. The van der Waals surface area contributed by atoms with Crippen LogP contribution < -0.4 is 4.90 Å². The highest BCUT2D eigenvalue weighted by molar-refractivity contribution is 6.28. The summed E-state index contributed by atoms with van der Waals surface area (Å²) in [5, 5.41) is 0.180. The summed E-state index contributed by atoms with van der Waals surface area (Å²) in [7, 11) is 1.89. The van der Waals surface area contributed by atoms with Gasteiger partial charge < -0.3 is 9.47 Å². The van der Waals surface area contributed by atoms with E-state index in [4.69, 9.17) is 11.6 Å². The van der Waals surface area contributed by atoms with Gasteiger partial charge in [-0.2, -0.15) is 23.1 Å². The van der Waals surface area contributed by atoms with Crippen LogP contribution in [0.1, 0.15) is 23.9 Å². The topological polar surface area (TPSA) is 50.1 Å². The highest BCUT2D eigenvalue weighted by atomic mass is 35.5. The molecular weight excluding hydrogens is 417 g/mol. The Morgan fingerprint density at radius 3 is 2.43 bits per heavy atom. The van der Waals surface area contributed by atoms with Gasteiger partial charge in [-0.3, -0.25) is 4.90 Å². The number of halogens is 4. The van der Waals surface area contributed by atoms with E-state index < -0.39 is 11.7 Å². The van der Waals surface area contributed by atoms with Crippen LogP contribution >= 0.6 is 11.6 Å². The molecule has 0 saturated carbocycles. The van der Waals surface area contributed by atoms with E-state index in [0.29, 0.717) is 18.7 Å². The molecule has 0 spiro atoms. The van der Waals surface area contributed by atoms with Gasteiger partial charge in [-0.25, -0.2) is 4.98 Å². The fourth-order valence-electron chi connectivity index (χ4n) is 3.88. The summed E-state index contributed by atoms with van der Waals surface area (Å²) < 4.78 is 40.2. The Morgan fingerprint density at radius 1 is 1.10 bits per heavy atom. The zero-order valence-corrected chi connectivity index (χ0v) is 17.7. The van der Waals surface area contributed by atoms with Crippen LogP contribution in [-0.2, 0) is 19.8 Å². The Labute approximate surface area is 177 Å². The van der Waals surface area contributed by atoms with Crippen molar-refractivity contribution in [2.45, 2.75) is 32.6 Å². The first-order valence-electron chi connectivity index (χ1n) is 9.65. The minimum Gasteiger partial charge on any atom is -0.349 e. The lowest BCUT2D eigenvalue weighted by Crippen LogP contribution is -2.52. The number of aromatic nitrogens is 4. The summed E-state index contributed by atoms with van der Waals surface area (Å²) in [4.78, 5) is 17.8. The molecule has 3 aromatic rings. The quantitative estimate of drug-likeness (QED) is 0.577. The lowest BCUT2D eigenvalue weighted by molar-refractivity contribution is -0.137. The van der Waals surface area contributed by atoms with Crippen LogP contribution in [0.3, 0.4) is 0 Å². The van der Waals surface area contributed by atoms with E-state index in [2.05, 4.69) is 31.7 Å². The molecule has 1 unspecified atom stereocenters. The second-order valence-electron chi connectivity index (χ2n) is 7.68. The first kappa shape index (κ1) is 20.9. The van der Waals surface area contributed by atoms with Crippen LogP contribution in [0.5, 0.6) is 0 Å². The van der Waals surface area contributed by atoms with Gasteiger partial charge in [0.25, 0.3) is 0 Å². The Kier molecular flexibility index (Phi) is 5.36. The fraction of sp³-hybridized carbons (Fsp3) is 0.450. The summed E-state index contributed by atoms with van der Waals surface area (Å²) in [5.41, 5.74) is 1.65. The van der Waals surface area contributed by atoms with Crippen LogP contribution in [-0.4, -0.2) is 50.1 Å². The van der Waals surface area contributed by atoms with Gasteiger partial charge >= 0.3 is 6.18 Å². The van der Waals surface area contributed by atoms with E-state index in [9.17, 15) is 13.2 Å². The lowest BCUT2D eigenvalue weighted by atomic mass is 10.1. The van der Waals surface area contributed by atoms with Gasteiger partial charge in [-0.1, -0.05) is 12.1 Å². The number of fused-ring (bicyclic) bond motifs is 1. The van der Waals surface area contributed by atoms with E-state index in [1.165, 1.54) is 0 Å². The molecule has 0 amide bonds. The van der Waals surface area contributed by atoms with Gasteiger partial charge in [-0.05, 0) is 43.1 Å². The summed E-state index contributed by atoms with van der Waals surface area (Å²) in [5.74, 6) is 1.55. The first-order chi connectivity index (χ1) is 14.1. The second-order valence-corrected chi connectivity index (χ2v) is 8.02. The molecule has 0 bridgehead atoms. The highest BCUT2D eigenvalue weighted by Gasteiger charge is 2.31. The predicted molar refractivity (Wildman–Crippen MR) is 110 cm³/mol. The Hall–Kier alpha value is -2.39. The van der Waals surface area contributed by atoms with Crippen molar-refractivity contribution < 1.29 is 13.2 Å². The molecule has 1 atom stereocenters. The van der Waals surface area contributed by atoms with Crippen molar-refractivity contribution >= 4 is 28.6 Å². The molecule has 30 heavy (non-hydrogen) atoms. The molecule has 4 rings (SSSR count). The van der Waals surface area contributed by atoms with Crippen LogP contribution in [0.25, 0.3) is 11.2 Å². The maximum atomic E-state index is 12.8. The molecular formula is C20H22ClF3N6. The minimum atomic E-state index is -4.31. The number of anilines is 1. The van der Waals surface area contributed by atoms with E-state index in [1.54, 1.807) is 12.1 Å². The highest BCUT2D eigenvalue weighted by Crippen LogP contribution is 2.30. The average Bonchev–Trinajstić information content (AvgIpc) is 2.96. The molecule has 160 valence electrons. The van der Waals surface area contributed by atoms with E-state index in [0.717, 1.165) is 47.9 Å². The summed E-state index contributed by atoms with van der Waals surface area (Å²) in [6.45, 7) is 6.80. The molecule has 1 saturated heterocycles. The molecule has 6 nitrogen and oxygen atoms in total. The van der Waals surface area contributed by atoms with Gasteiger partial charge in [0.2, 0.25) is 5.28 Å². The number of piperazine rings is 1. The van der Waals surface area contributed by atoms with Gasteiger partial charge in [0.05, 0.1) is 5.56 Å². The van der Waals surface area contributed by atoms with Crippen molar-refractivity contribution in [3.8, 4) is 0 Å². The number of benzene rings is 1. The Bertz CT molecular complexity index is 1060. The second kappa shape index (κ2) is 7.70. The molecule has 1 aromatic carbocycles. The molecule has 10 heteroatoms. The Balaban J connectivity index is 1.50. The maximum absolute atomic E-state index is 12.8. The summed E-state index contributed by atoms with van der Waals surface area (Å²) in [6, 6.07) is 5.50. The van der Waals surface area contributed by atoms with Gasteiger partial charge in [0.15, 0.2) is 17.0 Å². The molecule has 1 aliphatic heterocycles. The molecule has 0 radical (unpaired) electrons. The SMILES string of the molecule is Cc1nc2c(N3CCN(Cc4ccc(C(F)(F)F)cc4)CC3C)nc(Cl)nc2n1C. The largest absolute Gasteiger partial charge is 0.416 e. The maximum Gasteiger partial charge on any atom is 0.416 e. The molecule has 0 aliphatic carbocycles. The van der Waals surface area contributed by atoms with Crippen molar-refractivity contribution in [1.29, 1.82) is 0 Å². The van der Waals surface area contributed by atoms with Crippen LogP contribution in [0, 0.1) is 6.92 Å². The van der Waals surface area contributed by atoms with Crippen molar-refractivity contribution in [3.63, 3.8) is 0 Å². The van der Waals surface area contributed by atoms with Crippen LogP contribution in [0.15, 0.2) is 24.3 Å². The molecule has 1 aliphatic rings. The molecule has 0 N–H and O–H groups in total. The average molecular weight is 439 g/mol. The Morgan fingerprint density at radius 2 is 1.80 bits per heavy atom. The third kappa shape index (κ3) is 3.96. The third-order valence-corrected chi connectivity index (χ3v) is 5.74. The zero-order valence-electron chi connectivity index (χ0n) is 16.9. The van der Waals surface area contributed by atoms with Gasteiger partial charge in [0.1, 0.15) is 5.82 Å². The van der Waals surface area contributed by atoms with Gasteiger partial charge in [0, 0.05) is 39.3 Å². The van der Waals surface area contributed by atoms with Crippen LogP contribution in [0.2, 0.25) is 5.28 Å². The number of rotatable bonds is 3.